The maximum Gasteiger partial charge on any atom is 0.335 e. The standard InChI is InChI=1S/C29H26N4O5S/c34-27(35)19-15-18(16-20(17-19)28(36)37)23-10-11-24(38-23)26-25(22-9-4-5-12-31-22)32-29(39)33(26)14-6-13-30-21-7-2-1-3-8-21/h1-5,7-12,15-17,25-26,30H,6,13-14H2,(H,32,39)(H,34,35)(H,36,37)/t25-,26+/m0/s1. The van der Waals surface area contributed by atoms with Gasteiger partial charge in [-0.25, -0.2) is 9.59 Å². The van der Waals surface area contributed by atoms with E-state index in [2.05, 4.69) is 20.5 Å². The minimum atomic E-state index is -1.22. The van der Waals surface area contributed by atoms with Gasteiger partial charge in [0.25, 0.3) is 0 Å². The first-order chi connectivity index (χ1) is 18.9. The van der Waals surface area contributed by atoms with Crippen molar-refractivity contribution >= 4 is 35.0 Å². The van der Waals surface area contributed by atoms with Gasteiger partial charge in [0.05, 0.1) is 22.9 Å². The normalized spacial score (nSPS) is 16.6. The Balaban J connectivity index is 1.43. The number of thiocarbonyl (C=S) groups is 1. The van der Waals surface area contributed by atoms with Gasteiger partial charge in [0.1, 0.15) is 17.6 Å². The van der Waals surface area contributed by atoms with Crippen LogP contribution >= 0.6 is 12.2 Å². The van der Waals surface area contributed by atoms with Crippen LogP contribution in [0.5, 0.6) is 0 Å². The highest BCUT2D eigenvalue weighted by Crippen LogP contribution is 2.40. The van der Waals surface area contributed by atoms with Crippen LogP contribution in [0.1, 0.15) is 50.7 Å². The summed E-state index contributed by atoms with van der Waals surface area (Å²) >= 11 is 5.72. The topological polar surface area (TPSA) is 128 Å². The lowest BCUT2D eigenvalue weighted by molar-refractivity contribution is 0.0696. The number of rotatable bonds is 10. The first-order valence-corrected chi connectivity index (χ1v) is 12.8. The monoisotopic (exact) mass is 542 g/mol. The SMILES string of the molecule is O=C(O)c1cc(C(=O)O)cc(-c2ccc([C@@H]3[C@H](c4ccccn4)NC(=S)N3CCCNc3ccccc3)o2)c1. The van der Waals surface area contributed by atoms with Crippen LogP contribution in [-0.2, 0) is 0 Å². The van der Waals surface area contributed by atoms with Gasteiger partial charge < -0.3 is 30.2 Å². The minimum absolute atomic E-state index is 0.134. The molecule has 2 aromatic heterocycles. The summed E-state index contributed by atoms with van der Waals surface area (Å²) < 4.78 is 6.26. The number of nitrogens with one attached hydrogen (secondary N) is 2. The minimum Gasteiger partial charge on any atom is -0.478 e. The van der Waals surface area contributed by atoms with Gasteiger partial charge in [-0.2, -0.15) is 0 Å². The number of carboxylic acids is 2. The van der Waals surface area contributed by atoms with Gasteiger partial charge in [-0.05, 0) is 73.2 Å². The largest absolute Gasteiger partial charge is 0.478 e. The summed E-state index contributed by atoms with van der Waals surface area (Å²) in [5.74, 6) is -1.48. The first-order valence-electron chi connectivity index (χ1n) is 12.4. The van der Waals surface area contributed by atoms with Crippen LogP contribution in [0.15, 0.2) is 89.5 Å². The number of carbonyl (C=O) groups is 2. The highest BCUT2D eigenvalue weighted by molar-refractivity contribution is 7.80. The molecule has 198 valence electrons. The molecule has 1 fully saturated rings. The molecule has 9 nitrogen and oxygen atoms in total. The molecule has 1 saturated heterocycles. The van der Waals surface area contributed by atoms with Crippen LogP contribution in [0, 0.1) is 0 Å². The second kappa shape index (κ2) is 11.4. The number of hydrogen-bond donors (Lipinski definition) is 4. The van der Waals surface area contributed by atoms with Crippen LogP contribution in [0.4, 0.5) is 5.69 Å². The Hall–Kier alpha value is -4.70. The summed E-state index contributed by atoms with van der Waals surface area (Å²) in [6, 6.07) is 22.5. The molecule has 0 radical (unpaired) electrons. The van der Waals surface area contributed by atoms with E-state index in [9.17, 15) is 19.8 Å². The predicted octanol–water partition coefficient (Wildman–Crippen LogP) is 5.21. The highest BCUT2D eigenvalue weighted by atomic mass is 32.1. The molecule has 0 unspecified atom stereocenters. The van der Waals surface area contributed by atoms with Gasteiger partial charge in [0.2, 0.25) is 0 Å². The zero-order valence-corrected chi connectivity index (χ0v) is 21.6. The maximum atomic E-state index is 11.6. The highest BCUT2D eigenvalue weighted by Gasteiger charge is 2.41. The van der Waals surface area contributed by atoms with Crippen molar-refractivity contribution in [2.45, 2.75) is 18.5 Å². The predicted molar refractivity (Wildman–Crippen MR) is 150 cm³/mol. The van der Waals surface area contributed by atoms with Crippen molar-refractivity contribution < 1.29 is 24.2 Å². The van der Waals surface area contributed by atoms with Gasteiger partial charge in [-0.15, -0.1) is 0 Å². The number of aromatic nitrogens is 1. The average Bonchev–Trinajstić information content (AvgIpc) is 3.56. The van der Waals surface area contributed by atoms with E-state index in [4.69, 9.17) is 16.6 Å². The van der Waals surface area contributed by atoms with Crippen molar-refractivity contribution in [1.82, 2.24) is 15.2 Å². The number of hydrogen-bond acceptors (Lipinski definition) is 6. The number of furan rings is 1. The Kier molecular flexibility index (Phi) is 7.55. The van der Waals surface area contributed by atoms with Crippen molar-refractivity contribution in [2.75, 3.05) is 18.4 Å². The molecule has 1 aliphatic heterocycles. The van der Waals surface area contributed by atoms with Crippen molar-refractivity contribution in [3.63, 3.8) is 0 Å². The lowest BCUT2D eigenvalue weighted by Gasteiger charge is -2.26. The molecule has 0 spiro atoms. The Morgan fingerprint density at radius 2 is 1.69 bits per heavy atom. The van der Waals surface area contributed by atoms with Crippen LogP contribution in [0.2, 0.25) is 0 Å². The number of anilines is 1. The van der Waals surface area contributed by atoms with Crippen molar-refractivity contribution in [3.05, 3.63) is 108 Å². The molecular formula is C29H26N4O5S. The van der Waals surface area contributed by atoms with Crippen LogP contribution in [0.3, 0.4) is 0 Å². The van der Waals surface area contributed by atoms with Crippen molar-refractivity contribution in [3.8, 4) is 11.3 Å². The fourth-order valence-corrected chi connectivity index (χ4v) is 5.01. The quantitative estimate of drug-likeness (QED) is 0.157. The summed E-state index contributed by atoms with van der Waals surface area (Å²) in [7, 11) is 0. The van der Waals surface area contributed by atoms with E-state index in [0.717, 1.165) is 30.4 Å². The summed E-state index contributed by atoms with van der Waals surface area (Å²) in [6.45, 7) is 1.39. The van der Waals surface area contributed by atoms with Crippen molar-refractivity contribution in [1.29, 1.82) is 0 Å². The van der Waals surface area contributed by atoms with Gasteiger partial charge in [-0.1, -0.05) is 24.3 Å². The molecule has 0 saturated carbocycles. The van der Waals surface area contributed by atoms with Crippen LogP contribution in [-0.4, -0.2) is 50.2 Å². The molecule has 10 heteroatoms. The Bertz CT molecular complexity index is 1460. The second-order valence-electron chi connectivity index (χ2n) is 9.08. The molecule has 4 aromatic rings. The van der Waals surface area contributed by atoms with E-state index in [1.54, 1.807) is 12.3 Å². The smallest absolute Gasteiger partial charge is 0.335 e. The number of carboxylic acid groups (broad SMARTS) is 2. The molecule has 1 aliphatic rings. The fraction of sp³-hybridized carbons (Fsp3) is 0.172. The third kappa shape index (κ3) is 5.75. The fourth-order valence-electron chi connectivity index (χ4n) is 4.68. The molecule has 39 heavy (non-hydrogen) atoms. The second-order valence-corrected chi connectivity index (χ2v) is 9.46. The summed E-state index contributed by atoms with van der Waals surface area (Å²) in [5, 5.41) is 26.3. The van der Waals surface area contributed by atoms with Gasteiger partial charge in [0.15, 0.2) is 5.11 Å². The van der Waals surface area contributed by atoms with Crippen molar-refractivity contribution in [2.24, 2.45) is 0 Å². The molecule has 2 atom stereocenters. The Morgan fingerprint density at radius 3 is 2.36 bits per heavy atom. The van der Waals surface area contributed by atoms with E-state index in [0.29, 0.717) is 28.7 Å². The Morgan fingerprint density at radius 1 is 0.974 bits per heavy atom. The van der Waals surface area contributed by atoms with Gasteiger partial charge in [-0.3, -0.25) is 4.98 Å². The molecule has 0 aliphatic carbocycles. The summed E-state index contributed by atoms with van der Waals surface area (Å²) in [6.07, 6.45) is 2.53. The molecule has 0 bridgehead atoms. The Labute approximate surface area is 230 Å². The zero-order valence-electron chi connectivity index (χ0n) is 20.8. The lowest BCUT2D eigenvalue weighted by Crippen LogP contribution is -2.31. The molecule has 0 amide bonds. The van der Waals surface area contributed by atoms with Gasteiger partial charge in [0, 0.05) is 30.5 Å². The molecule has 3 heterocycles. The van der Waals surface area contributed by atoms with E-state index < -0.39 is 11.9 Å². The van der Waals surface area contributed by atoms with E-state index >= 15 is 0 Å². The first kappa shape index (κ1) is 25.9. The van der Waals surface area contributed by atoms with Crippen LogP contribution < -0.4 is 10.6 Å². The van der Waals surface area contributed by atoms with Crippen LogP contribution in [0.25, 0.3) is 11.3 Å². The zero-order chi connectivity index (χ0) is 27.4. The molecule has 5 rings (SSSR count). The van der Waals surface area contributed by atoms with E-state index in [-0.39, 0.29) is 23.2 Å². The lowest BCUT2D eigenvalue weighted by atomic mass is 10.0. The maximum absolute atomic E-state index is 11.6. The molecule has 2 aromatic carbocycles. The average molecular weight is 543 g/mol. The number of pyridine rings is 1. The van der Waals surface area contributed by atoms with E-state index in [1.165, 1.54) is 12.1 Å². The molecular weight excluding hydrogens is 516 g/mol. The third-order valence-corrected chi connectivity index (χ3v) is 6.86. The number of para-hydroxylation sites is 1. The third-order valence-electron chi connectivity index (χ3n) is 6.51. The summed E-state index contributed by atoms with van der Waals surface area (Å²) in [5.41, 5.74) is 1.94. The number of aromatic carboxylic acids is 2. The molecule has 4 N–H and O–H groups in total. The van der Waals surface area contributed by atoms with E-state index in [1.807, 2.05) is 54.6 Å². The number of benzene rings is 2. The van der Waals surface area contributed by atoms with Gasteiger partial charge >= 0.3 is 11.9 Å². The number of nitrogens with zero attached hydrogens (tertiary/aromatic N) is 2. The summed E-state index contributed by atoms with van der Waals surface area (Å²) in [4.78, 5) is 29.8.